The quantitative estimate of drug-likeness (QED) is 0.761. The lowest BCUT2D eigenvalue weighted by Crippen LogP contribution is -2.21. The minimum Gasteiger partial charge on any atom is -0.383 e. The van der Waals surface area contributed by atoms with E-state index < -0.39 is 0 Å². The monoisotopic (exact) mass is 247 g/mol. The first-order chi connectivity index (χ1) is 8.81. The summed E-state index contributed by atoms with van der Waals surface area (Å²) in [7, 11) is 1.68. The molecule has 0 aliphatic carbocycles. The van der Waals surface area contributed by atoms with Gasteiger partial charge in [-0.25, -0.2) is 0 Å². The predicted octanol–water partition coefficient (Wildman–Crippen LogP) is 0.707. The molecule has 96 valence electrons. The van der Waals surface area contributed by atoms with Crippen molar-refractivity contribution >= 4 is 0 Å². The van der Waals surface area contributed by atoms with Crippen LogP contribution in [-0.4, -0.2) is 40.5 Å². The molecule has 0 radical (unpaired) electrons. The second kappa shape index (κ2) is 6.23. The Labute approximate surface area is 106 Å². The summed E-state index contributed by atoms with van der Waals surface area (Å²) in [6, 6.07) is 8.09. The van der Waals surface area contributed by atoms with Crippen LogP contribution in [0.25, 0.3) is 5.69 Å². The summed E-state index contributed by atoms with van der Waals surface area (Å²) in [6.07, 6.45) is 0. The van der Waals surface area contributed by atoms with Gasteiger partial charge >= 0.3 is 0 Å². The Morgan fingerprint density at radius 2 is 2.06 bits per heavy atom. The van der Waals surface area contributed by atoms with Gasteiger partial charge in [-0.2, -0.15) is 4.68 Å². The Morgan fingerprint density at radius 1 is 1.28 bits per heavy atom. The highest BCUT2D eigenvalue weighted by atomic mass is 16.5. The molecule has 0 aliphatic rings. The minimum atomic E-state index is 0.615. The molecular formula is C12H17N5O. The zero-order chi connectivity index (χ0) is 12.8. The van der Waals surface area contributed by atoms with Crippen molar-refractivity contribution in [1.29, 1.82) is 0 Å². The summed E-state index contributed by atoms with van der Waals surface area (Å²) in [5.41, 5.74) is 2.18. The zero-order valence-corrected chi connectivity index (χ0v) is 10.6. The van der Waals surface area contributed by atoms with E-state index in [1.807, 2.05) is 24.3 Å². The molecule has 0 fully saturated rings. The fourth-order valence-electron chi connectivity index (χ4n) is 1.58. The molecule has 0 atom stereocenters. The first-order valence-corrected chi connectivity index (χ1v) is 5.85. The van der Waals surface area contributed by atoms with Crippen LogP contribution in [0.2, 0.25) is 0 Å². The van der Waals surface area contributed by atoms with E-state index in [9.17, 15) is 0 Å². The fourth-order valence-corrected chi connectivity index (χ4v) is 1.58. The minimum absolute atomic E-state index is 0.615. The van der Waals surface area contributed by atoms with Gasteiger partial charge < -0.3 is 10.1 Å². The van der Waals surface area contributed by atoms with Crippen LogP contribution in [0, 0.1) is 6.92 Å². The van der Waals surface area contributed by atoms with Gasteiger partial charge in [0.1, 0.15) is 0 Å². The van der Waals surface area contributed by atoms with Gasteiger partial charge in [-0.1, -0.05) is 17.7 Å². The number of aromatic nitrogens is 4. The van der Waals surface area contributed by atoms with Gasteiger partial charge in [0.15, 0.2) is 5.82 Å². The molecule has 2 aromatic rings. The Hall–Kier alpha value is -1.79. The highest BCUT2D eigenvalue weighted by Gasteiger charge is 2.07. The summed E-state index contributed by atoms with van der Waals surface area (Å²) < 4.78 is 6.70. The zero-order valence-electron chi connectivity index (χ0n) is 10.6. The molecule has 0 saturated heterocycles. The smallest absolute Gasteiger partial charge is 0.170 e. The molecule has 1 N–H and O–H groups in total. The number of methoxy groups -OCH3 is 1. The van der Waals surface area contributed by atoms with Crippen molar-refractivity contribution in [3.63, 3.8) is 0 Å². The average Bonchev–Trinajstić information content (AvgIpc) is 2.84. The van der Waals surface area contributed by atoms with E-state index in [0.29, 0.717) is 13.2 Å². The maximum absolute atomic E-state index is 4.97. The maximum atomic E-state index is 4.97. The molecular weight excluding hydrogens is 230 g/mol. The largest absolute Gasteiger partial charge is 0.383 e. The van der Waals surface area contributed by atoms with Gasteiger partial charge in [-0.15, -0.1) is 5.10 Å². The van der Waals surface area contributed by atoms with E-state index in [1.54, 1.807) is 11.8 Å². The summed E-state index contributed by atoms with van der Waals surface area (Å²) in [6.45, 7) is 4.12. The fraction of sp³-hybridized carbons (Fsp3) is 0.417. The molecule has 2 rings (SSSR count). The van der Waals surface area contributed by atoms with Gasteiger partial charge in [0.25, 0.3) is 0 Å². The lowest BCUT2D eigenvalue weighted by atomic mass is 10.2. The van der Waals surface area contributed by atoms with Gasteiger partial charge in [0.2, 0.25) is 0 Å². The number of tetrazole rings is 1. The van der Waals surface area contributed by atoms with Gasteiger partial charge in [0.05, 0.1) is 18.8 Å². The third kappa shape index (κ3) is 3.12. The average molecular weight is 247 g/mol. The van der Waals surface area contributed by atoms with Crippen LogP contribution in [0.5, 0.6) is 0 Å². The summed E-state index contributed by atoms with van der Waals surface area (Å²) in [5.74, 6) is 0.787. The highest BCUT2D eigenvalue weighted by molar-refractivity contribution is 5.33. The number of aryl methyl sites for hydroxylation is 1. The number of hydrogen-bond acceptors (Lipinski definition) is 5. The third-order valence-electron chi connectivity index (χ3n) is 2.58. The molecule has 1 aromatic heterocycles. The van der Waals surface area contributed by atoms with E-state index in [-0.39, 0.29) is 0 Å². The van der Waals surface area contributed by atoms with Crippen LogP contribution >= 0.6 is 0 Å². The van der Waals surface area contributed by atoms with E-state index in [4.69, 9.17) is 4.74 Å². The van der Waals surface area contributed by atoms with Crippen molar-refractivity contribution in [3.8, 4) is 5.69 Å². The van der Waals surface area contributed by atoms with Crippen LogP contribution in [0.15, 0.2) is 24.3 Å². The molecule has 18 heavy (non-hydrogen) atoms. The third-order valence-corrected chi connectivity index (χ3v) is 2.58. The summed E-state index contributed by atoms with van der Waals surface area (Å²) in [4.78, 5) is 0. The normalized spacial score (nSPS) is 10.8. The molecule has 0 bridgehead atoms. The number of benzene rings is 1. The molecule has 0 amide bonds. The van der Waals surface area contributed by atoms with Gasteiger partial charge in [-0.3, -0.25) is 0 Å². The van der Waals surface area contributed by atoms with Crippen LogP contribution in [0.1, 0.15) is 11.4 Å². The van der Waals surface area contributed by atoms with Crippen molar-refractivity contribution in [3.05, 3.63) is 35.7 Å². The Morgan fingerprint density at radius 3 is 2.78 bits per heavy atom. The van der Waals surface area contributed by atoms with Crippen LogP contribution in [-0.2, 0) is 11.3 Å². The van der Waals surface area contributed by atoms with Crippen molar-refractivity contribution in [2.45, 2.75) is 13.5 Å². The van der Waals surface area contributed by atoms with Crippen molar-refractivity contribution in [2.24, 2.45) is 0 Å². The van der Waals surface area contributed by atoms with Crippen LogP contribution in [0.4, 0.5) is 0 Å². The van der Waals surface area contributed by atoms with Gasteiger partial charge in [-0.05, 0) is 29.5 Å². The molecule has 0 aliphatic heterocycles. The first kappa shape index (κ1) is 12.7. The van der Waals surface area contributed by atoms with E-state index >= 15 is 0 Å². The van der Waals surface area contributed by atoms with Crippen LogP contribution < -0.4 is 5.32 Å². The number of nitrogens with one attached hydrogen (secondary N) is 1. The van der Waals surface area contributed by atoms with E-state index in [1.165, 1.54) is 5.56 Å². The Balaban J connectivity index is 2.05. The molecule has 6 heteroatoms. The van der Waals surface area contributed by atoms with Crippen molar-refractivity contribution < 1.29 is 4.74 Å². The van der Waals surface area contributed by atoms with Crippen molar-refractivity contribution in [2.75, 3.05) is 20.3 Å². The summed E-state index contributed by atoms with van der Waals surface area (Å²) in [5, 5.41) is 14.9. The maximum Gasteiger partial charge on any atom is 0.170 e. The number of rotatable bonds is 6. The molecule has 1 aromatic carbocycles. The van der Waals surface area contributed by atoms with E-state index in [2.05, 4.69) is 27.8 Å². The highest BCUT2D eigenvalue weighted by Crippen LogP contribution is 2.09. The van der Waals surface area contributed by atoms with Crippen molar-refractivity contribution in [1.82, 2.24) is 25.5 Å². The SMILES string of the molecule is COCCNCc1nnnn1-c1ccc(C)cc1. The number of ether oxygens (including phenoxy) is 1. The molecule has 0 spiro atoms. The molecule has 1 heterocycles. The van der Waals surface area contributed by atoms with Gasteiger partial charge in [0, 0.05) is 13.7 Å². The number of nitrogens with zero attached hydrogens (tertiary/aromatic N) is 4. The topological polar surface area (TPSA) is 64.9 Å². The first-order valence-electron chi connectivity index (χ1n) is 5.85. The second-order valence-corrected chi connectivity index (χ2v) is 4.01. The standard InChI is InChI=1S/C12H17N5O/c1-10-3-5-11(6-4-10)17-12(14-15-16-17)9-13-7-8-18-2/h3-6,13H,7-9H2,1-2H3. The summed E-state index contributed by atoms with van der Waals surface area (Å²) >= 11 is 0. The lowest BCUT2D eigenvalue weighted by Gasteiger charge is -2.06. The number of hydrogen-bond donors (Lipinski definition) is 1. The van der Waals surface area contributed by atoms with E-state index in [0.717, 1.165) is 18.1 Å². The Bertz CT molecular complexity index is 479. The molecule has 0 unspecified atom stereocenters. The van der Waals surface area contributed by atoms with Crippen LogP contribution in [0.3, 0.4) is 0 Å². The second-order valence-electron chi connectivity index (χ2n) is 4.01. The predicted molar refractivity (Wildman–Crippen MR) is 67.5 cm³/mol. The molecule has 6 nitrogen and oxygen atoms in total. The lowest BCUT2D eigenvalue weighted by molar-refractivity contribution is 0.199. The Kier molecular flexibility index (Phi) is 4.38. The molecule has 0 saturated carbocycles.